The molecule has 0 spiro atoms. The first-order valence-electron chi connectivity index (χ1n) is 7.64. The molecule has 1 saturated carbocycles. The van der Waals surface area contributed by atoms with E-state index in [4.69, 9.17) is 0 Å². The van der Waals surface area contributed by atoms with E-state index in [0.717, 1.165) is 18.5 Å². The Balaban J connectivity index is 1.76. The minimum absolute atomic E-state index is 0.164. The maximum absolute atomic E-state index is 12.7. The molecule has 2 aliphatic rings. The van der Waals surface area contributed by atoms with Crippen molar-refractivity contribution in [3.05, 3.63) is 35.9 Å². The summed E-state index contributed by atoms with van der Waals surface area (Å²) in [5.74, 6) is 0.905. The molecule has 2 fully saturated rings. The molecule has 1 heterocycles. The van der Waals surface area contributed by atoms with Crippen LogP contribution < -0.4 is 5.32 Å². The number of carbonyl (C=O) groups excluding carboxylic acids is 1. The van der Waals surface area contributed by atoms with Crippen molar-refractivity contribution in [2.75, 3.05) is 6.54 Å². The third kappa shape index (κ3) is 2.35. The summed E-state index contributed by atoms with van der Waals surface area (Å²) in [6, 6.07) is 9.89. The van der Waals surface area contributed by atoms with E-state index in [9.17, 15) is 4.79 Å². The molecule has 1 amide bonds. The quantitative estimate of drug-likeness (QED) is 0.914. The standard InChI is InChI=1S/C17H24N2O/c1-4-14-18-15(12-8-6-5-7-9-12)16(20)19(14)11-13-10-17(13,2)3/h5-9,13-15,18H,4,10-11H2,1-3H3. The molecular weight excluding hydrogens is 248 g/mol. The normalized spacial score (nSPS) is 31.6. The zero-order chi connectivity index (χ0) is 14.3. The summed E-state index contributed by atoms with van der Waals surface area (Å²) in [7, 11) is 0. The van der Waals surface area contributed by atoms with E-state index in [1.807, 2.05) is 30.3 Å². The summed E-state index contributed by atoms with van der Waals surface area (Å²) < 4.78 is 0. The first-order valence-corrected chi connectivity index (χ1v) is 7.64. The fourth-order valence-corrected chi connectivity index (χ4v) is 3.24. The highest BCUT2D eigenvalue weighted by Crippen LogP contribution is 2.52. The third-order valence-corrected chi connectivity index (χ3v) is 4.92. The molecule has 1 aromatic carbocycles. The van der Waals surface area contributed by atoms with Crippen molar-refractivity contribution in [3.63, 3.8) is 0 Å². The summed E-state index contributed by atoms with van der Waals surface area (Å²) in [4.78, 5) is 14.8. The highest BCUT2D eigenvalue weighted by molar-refractivity contribution is 5.85. The van der Waals surface area contributed by atoms with Gasteiger partial charge in [-0.15, -0.1) is 0 Å². The van der Waals surface area contributed by atoms with Gasteiger partial charge in [-0.05, 0) is 29.7 Å². The molecule has 3 nitrogen and oxygen atoms in total. The number of nitrogens with zero attached hydrogens (tertiary/aromatic N) is 1. The van der Waals surface area contributed by atoms with E-state index in [1.165, 1.54) is 6.42 Å². The number of hydrogen-bond acceptors (Lipinski definition) is 2. The maximum atomic E-state index is 12.7. The second kappa shape index (κ2) is 4.88. The number of hydrogen-bond donors (Lipinski definition) is 1. The topological polar surface area (TPSA) is 32.3 Å². The van der Waals surface area contributed by atoms with Gasteiger partial charge in [0, 0.05) is 6.54 Å². The van der Waals surface area contributed by atoms with Crippen molar-refractivity contribution in [2.24, 2.45) is 11.3 Å². The van der Waals surface area contributed by atoms with Crippen LogP contribution in [0.3, 0.4) is 0 Å². The van der Waals surface area contributed by atoms with Gasteiger partial charge in [0.1, 0.15) is 6.04 Å². The molecule has 108 valence electrons. The van der Waals surface area contributed by atoms with E-state index in [2.05, 4.69) is 31.0 Å². The molecule has 1 aromatic rings. The smallest absolute Gasteiger partial charge is 0.245 e. The van der Waals surface area contributed by atoms with Crippen molar-refractivity contribution >= 4 is 5.91 Å². The van der Waals surface area contributed by atoms with Crippen molar-refractivity contribution in [1.82, 2.24) is 10.2 Å². The van der Waals surface area contributed by atoms with Gasteiger partial charge in [0.25, 0.3) is 0 Å². The summed E-state index contributed by atoms with van der Waals surface area (Å²) in [5.41, 5.74) is 1.50. The van der Waals surface area contributed by atoms with Crippen molar-refractivity contribution in [3.8, 4) is 0 Å². The third-order valence-electron chi connectivity index (χ3n) is 4.92. The van der Waals surface area contributed by atoms with Crippen LogP contribution in [0, 0.1) is 11.3 Å². The molecule has 3 rings (SSSR count). The lowest BCUT2D eigenvalue weighted by Crippen LogP contribution is -2.38. The van der Waals surface area contributed by atoms with Crippen LogP contribution in [-0.4, -0.2) is 23.5 Å². The van der Waals surface area contributed by atoms with Gasteiger partial charge in [0.2, 0.25) is 5.91 Å². The first-order chi connectivity index (χ1) is 9.53. The van der Waals surface area contributed by atoms with Crippen LogP contribution in [0.4, 0.5) is 0 Å². The fourth-order valence-electron chi connectivity index (χ4n) is 3.24. The number of benzene rings is 1. The Morgan fingerprint density at radius 2 is 1.95 bits per heavy atom. The minimum Gasteiger partial charge on any atom is -0.325 e. The van der Waals surface area contributed by atoms with Crippen LogP contribution in [0.25, 0.3) is 0 Å². The number of amides is 1. The van der Waals surface area contributed by atoms with Crippen molar-refractivity contribution in [2.45, 2.75) is 45.8 Å². The zero-order valence-electron chi connectivity index (χ0n) is 12.6. The largest absolute Gasteiger partial charge is 0.325 e. The van der Waals surface area contributed by atoms with Crippen LogP contribution in [0.1, 0.15) is 45.2 Å². The van der Waals surface area contributed by atoms with Gasteiger partial charge in [0.15, 0.2) is 0 Å². The molecule has 20 heavy (non-hydrogen) atoms. The van der Waals surface area contributed by atoms with E-state index in [-0.39, 0.29) is 18.1 Å². The van der Waals surface area contributed by atoms with Crippen LogP contribution in [0.15, 0.2) is 30.3 Å². The van der Waals surface area contributed by atoms with Gasteiger partial charge in [-0.1, -0.05) is 51.1 Å². The molecular formula is C17H24N2O. The Bertz CT molecular complexity index is 497. The Labute approximate surface area is 121 Å². The van der Waals surface area contributed by atoms with Crippen molar-refractivity contribution < 1.29 is 4.79 Å². The average Bonchev–Trinajstić information content (AvgIpc) is 2.92. The zero-order valence-corrected chi connectivity index (χ0v) is 12.6. The number of nitrogens with one attached hydrogen (secondary N) is 1. The van der Waals surface area contributed by atoms with Crippen LogP contribution in [0.5, 0.6) is 0 Å². The van der Waals surface area contributed by atoms with E-state index >= 15 is 0 Å². The van der Waals surface area contributed by atoms with Gasteiger partial charge in [-0.2, -0.15) is 0 Å². The molecule has 0 bridgehead atoms. The molecule has 0 radical (unpaired) electrons. The Morgan fingerprint density at radius 3 is 2.50 bits per heavy atom. The molecule has 3 unspecified atom stereocenters. The molecule has 1 aliphatic carbocycles. The van der Waals surface area contributed by atoms with Gasteiger partial charge in [-0.25, -0.2) is 0 Å². The SMILES string of the molecule is CCC1NC(c2ccccc2)C(=O)N1CC1CC1(C)C. The van der Waals surface area contributed by atoms with Crippen molar-refractivity contribution in [1.29, 1.82) is 0 Å². The first kappa shape index (κ1) is 13.6. The molecule has 1 aliphatic heterocycles. The predicted molar refractivity (Wildman–Crippen MR) is 80.0 cm³/mol. The molecule has 0 aromatic heterocycles. The highest BCUT2D eigenvalue weighted by Gasteiger charge is 2.49. The Hall–Kier alpha value is -1.35. The average molecular weight is 272 g/mol. The highest BCUT2D eigenvalue weighted by atomic mass is 16.2. The lowest BCUT2D eigenvalue weighted by atomic mass is 10.1. The predicted octanol–water partition coefficient (Wildman–Crippen LogP) is 2.94. The summed E-state index contributed by atoms with van der Waals surface area (Å²) >= 11 is 0. The summed E-state index contributed by atoms with van der Waals surface area (Å²) in [6.07, 6.45) is 2.38. The van der Waals surface area contributed by atoms with Gasteiger partial charge in [-0.3, -0.25) is 10.1 Å². The second-order valence-electron chi connectivity index (χ2n) is 6.81. The molecule has 3 heteroatoms. The van der Waals surface area contributed by atoms with Gasteiger partial charge >= 0.3 is 0 Å². The van der Waals surface area contributed by atoms with Crippen LogP contribution in [0.2, 0.25) is 0 Å². The lowest BCUT2D eigenvalue weighted by molar-refractivity contribution is -0.130. The van der Waals surface area contributed by atoms with E-state index in [1.54, 1.807) is 0 Å². The van der Waals surface area contributed by atoms with Crippen LogP contribution >= 0.6 is 0 Å². The van der Waals surface area contributed by atoms with E-state index < -0.39 is 0 Å². The van der Waals surface area contributed by atoms with Crippen LogP contribution in [-0.2, 0) is 4.79 Å². The molecule has 1 saturated heterocycles. The Kier molecular flexibility index (Phi) is 3.33. The number of rotatable bonds is 4. The second-order valence-corrected chi connectivity index (χ2v) is 6.81. The maximum Gasteiger partial charge on any atom is 0.245 e. The molecule has 1 N–H and O–H groups in total. The van der Waals surface area contributed by atoms with E-state index in [0.29, 0.717) is 11.3 Å². The minimum atomic E-state index is -0.164. The lowest BCUT2D eigenvalue weighted by Gasteiger charge is -2.23. The monoisotopic (exact) mass is 272 g/mol. The Morgan fingerprint density at radius 1 is 1.30 bits per heavy atom. The summed E-state index contributed by atoms with van der Waals surface area (Å²) in [6.45, 7) is 7.63. The van der Waals surface area contributed by atoms with Gasteiger partial charge in [0.05, 0.1) is 6.17 Å². The molecule has 3 atom stereocenters. The van der Waals surface area contributed by atoms with Gasteiger partial charge < -0.3 is 4.90 Å². The number of carbonyl (C=O) groups is 1. The fraction of sp³-hybridized carbons (Fsp3) is 0.588. The summed E-state index contributed by atoms with van der Waals surface area (Å²) in [5, 5.41) is 3.49.